The summed E-state index contributed by atoms with van der Waals surface area (Å²) in [6.07, 6.45) is 5.16. The Hall–Kier alpha value is -1.01. The number of amides is 1. The van der Waals surface area contributed by atoms with Gasteiger partial charge >= 0.3 is 0 Å². The van der Waals surface area contributed by atoms with Gasteiger partial charge in [0.2, 0.25) is 5.91 Å². The molecular weight excluding hydrogens is 152 g/mol. The van der Waals surface area contributed by atoms with Crippen molar-refractivity contribution in [1.29, 1.82) is 0 Å². The van der Waals surface area contributed by atoms with Crippen LogP contribution >= 0.6 is 0 Å². The molecule has 3 heteroatoms. The van der Waals surface area contributed by atoms with Crippen LogP contribution in [0.4, 0.5) is 0 Å². The number of hydrogen-bond donors (Lipinski definition) is 2. The van der Waals surface area contributed by atoms with Crippen molar-refractivity contribution in [2.45, 2.75) is 32.9 Å². The van der Waals surface area contributed by atoms with Gasteiger partial charge in [0, 0.05) is 0 Å². The normalized spacial score (nSPS) is 15.2. The summed E-state index contributed by atoms with van der Waals surface area (Å²) in [5.74, 6) is 2.30. The minimum atomic E-state index is -0.355. The molecule has 0 saturated heterocycles. The summed E-state index contributed by atoms with van der Waals surface area (Å²) in [6, 6.07) is -0.457. The van der Waals surface area contributed by atoms with Crippen molar-refractivity contribution in [2.75, 3.05) is 0 Å². The van der Waals surface area contributed by atoms with E-state index in [1.165, 1.54) is 0 Å². The van der Waals surface area contributed by atoms with E-state index in [0.717, 1.165) is 0 Å². The molecule has 0 aromatic carbocycles. The van der Waals surface area contributed by atoms with E-state index < -0.39 is 0 Å². The zero-order chi connectivity index (χ0) is 9.72. The van der Waals surface area contributed by atoms with E-state index in [-0.39, 0.29) is 23.9 Å². The highest BCUT2D eigenvalue weighted by Gasteiger charge is 2.19. The fraction of sp³-hybridized carbons (Fsp3) is 0.667. The van der Waals surface area contributed by atoms with Crippen LogP contribution in [-0.2, 0) is 4.79 Å². The predicted molar refractivity (Wildman–Crippen MR) is 49.3 cm³/mol. The lowest BCUT2D eigenvalue weighted by molar-refractivity contribution is -0.121. The summed E-state index contributed by atoms with van der Waals surface area (Å²) in [5, 5.41) is 2.95. The number of rotatable bonds is 4. The summed E-state index contributed by atoms with van der Waals surface area (Å²) >= 11 is 0. The minimum Gasteiger partial charge on any atom is -0.368 e. The van der Waals surface area contributed by atoms with Crippen molar-refractivity contribution in [1.82, 2.24) is 5.32 Å². The lowest BCUT2D eigenvalue weighted by Crippen LogP contribution is -2.48. The summed E-state index contributed by atoms with van der Waals surface area (Å²) in [5.41, 5.74) is 5.17. The molecule has 0 bridgehead atoms. The van der Waals surface area contributed by atoms with Gasteiger partial charge in [-0.3, -0.25) is 10.1 Å². The van der Waals surface area contributed by atoms with E-state index in [9.17, 15) is 4.79 Å². The van der Waals surface area contributed by atoms with Gasteiger partial charge in [0.1, 0.15) is 0 Å². The molecular formula is C9H16N2O. The van der Waals surface area contributed by atoms with Crippen LogP contribution in [0.15, 0.2) is 0 Å². The van der Waals surface area contributed by atoms with Gasteiger partial charge in [-0.2, -0.15) is 0 Å². The standard InChI is InChI=1S/C9H16N2O/c1-5-7(4)11-8(6(2)3)9(10)12/h1,6-8,11H,2-4H3,(H2,10,12). The first-order valence-electron chi connectivity index (χ1n) is 4.00. The van der Waals surface area contributed by atoms with Gasteiger partial charge in [0.15, 0.2) is 0 Å². The maximum atomic E-state index is 10.9. The zero-order valence-electron chi connectivity index (χ0n) is 7.79. The molecule has 0 fully saturated rings. The average Bonchev–Trinajstić information content (AvgIpc) is 1.98. The Kier molecular flexibility index (Phi) is 4.38. The number of carbonyl (C=O) groups excluding carboxylic acids is 1. The molecule has 0 spiro atoms. The molecule has 0 aromatic rings. The molecule has 0 aromatic heterocycles. The number of nitrogens with two attached hydrogens (primary N) is 1. The third-order valence-electron chi connectivity index (χ3n) is 1.65. The molecule has 2 atom stereocenters. The minimum absolute atomic E-state index is 0.120. The molecule has 12 heavy (non-hydrogen) atoms. The fourth-order valence-corrected chi connectivity index (χ4v) is 0.921. The third kappa shape index (κ3) is 3.40. The largest absolute Gasteiger partial charge is 0.368 e. The van der Waals surface area contributed by atoms with Crippen LogP contribution in [0, 0.1) is 18.3 Å². The van der Waals surface area contributed by atoms with Gasteiger partial charge in [0.05, 0.1) is 12.1 Å². The topological polar surface area (TPSA) is 55.1 Å². The zero-order valence-corrected chi connectivity index (χ0v) is 7.79. The predicted octanol–water partition coefficient (Wildman–Crippen LogP) is 0.108. The number of nitrogens with one attached hydrogen (secondary N) is 1. The smallest absolute Gasteiger partial charge is 0.234 e. The molecule has 1 amide bonds. The molecule has 0 radical (unpaired) electrons. The second-order valence-electron chi connectivity index (χ2n) is 3.18. The van der Waals surface area contributed by atoms with E-state index in [0.29, 0.717) is 0 Å². The Labute approximate surface area is 73.7 Å². The summed E-state index contributed by atoms with van der Waals surface area (Å²) in [7, 11) is 0. The maximum Gasteiger partial charge on any atom is 0.234 e. The van der Waals surface area contributed by atoms with E-state index in [4.69, 9.17) is 12.2 Å². The molecule has 3 N–H and O–H groups in total. The van der Waals surface area contributed by atoms with E-state index >= 15 is 0 Å². The lowest BCUT2D eigenvalue weighted by Gasteiger charge is -2.20. The van der Waals surface area contributed by atoms with Crippen LogP contribution < -0.4 is 11.1 Å². The number of terminal acetylenes is 1. The quantitative estimate of drug-likeness (QED) is 0.585. The van der Waals surface area contributed by atoms with Gasteiger partial charge in [-0.1, -0.05) is 19.8 Å². The molecule has 0 rings (SSSR count). The molecule has 0 heterocycles. The Morgan fingerprint density at radius 3 is 2.25 bits per heavy atom. The van der Waals surface area contributed by atoms with Crippen molar-refractivity contribution in [3.05, 3.63) is 0 Å². The van der Waals surface area contributed by atoms with Crippen LogP contribution in [0.2, 0.25) is 0 Å². The van der Waals surface area contributed by atoms with Gasteiger partial charge in [-0.15, -0.1) is 6.42 Å². The molecule has 68 valence electrons. The van der Waals surface area contributed by atoms with Gasteiger partial charge in [-0.25, -0.2) is 0 Å². The van der Waals surface area contributed by atoms with Crippen LogP contribution in [-0.4, -0.2) is 18.0 Å². The average molecular weight is 168 g/mol. The van der Waals surface area contributed by atoms with Crippen molar-refractivity contribution in [3.63, 3.8) is 0 Å². The molecule has 2 unspecified atom stereocenters. The van der Waals surface area contributed by atoms with Crippen LogP contribution in [0.3, 0.4) is 0 Å². The first-order chi connectivity index (χ1) is 5.49. The van der Waals surface area contributed by atoms with Crippen molar-refractivity contribution < 1.29 is 4.79 Å². The maximum absolute atomic E-state index is 10.9. The highest BCUT2D eigenvalue weighted by atomic mass is 16.1. The Bertz CT molecular complexity index is 193. The van der Waals surface area contributed by atoms with Crippen molar-refractivity contribution in [2.24, 2.45) is 11.7 Å². The first kappa shape index (κ1) is 11.0. The summed E-state index contributed by atoms with van der Waals surface area (Å²) in [6.45, 7) is 5.66. The van der Waals surface area contributed by atoms with Crippen LogP contribution in [0.25, 0.3) is 0 Å². The molecule has 3 nitrogen and oxygen atoms in total. The Morgan fingerprint density at radius 1 is 1.50 bits per heavy atom. The molecule has 0 aliphatic heterocycles. The highest BCUT2D eigenvalue weighted by Crippen LogP contribution is 2.01. The third-order valence-corrected chi connectivity index (χ3v) is 1.65. The van der Waals surface area contributed by atoms with Gasteiger partial charge in [-0.05, 0) is 12.8 Å². The SMILES string of the molecule is C#CC(C)NC(C(N)=O)C(C)C. The Morgan fingerprint density at radius 2 is 2.00 bits per heavy atom. The number of primary amides is 1. The van der Waals surface area contributed by atoms with Crippen LogP contribution in [0.5, 0.6) is 0 Å². The first-order valence-corrected chi connectivity index (χ1v) is 4.00. The van der Waals surface area contributed by atoms with Gasteiger partial charge < -0.3 is 5.73 Å². The van der Waals surface area contributed by atoms with E-state index in [1.807, 2.05) is 20.8 Å². The monoisotopic (exact) mass is 168 g/mol. The second kappa shape index (κ2) is 4.78. The second-order valence-corrected chi connectivity index (χ2v) is 3.18. The molecule has 0 aliphatic rings. The Balaban J connectivity index is 4.16. The molecule has 0 saturated carbocycles. The van der Waals surface area contributed by atoms with Gasteiger partial charge in [0.25, 0.3) is 0 Å². The van der Waals surface area contributed by atoms with Crippen molar-refractivity contribution in [3.8, 4) is 12.3 Å². The lowest BCUT2D eigenvalue weighted by atomic mass is 10.0. The summed E-state index contributed by atoms with van der Waals surface area (Å²) < 4.78 is 0. The van der Waals surface area contributed by atoms with E-state index in [2.05, 4.69) is 11.2 Å². The fourth-order valence-electron chi connectivity index (χ4n) is 0.921. The number of hydrogen-bond acceptors (Lipinski definition) is 2. The highest BCUT2D eigenvalue weighted by molar-refractivity contribution is 5.80. The number of carbonyl (C=O) groups is 1. The summed E-state index contributed by atoms with van der Waals surface area (Å²) in [4.78, 5) is 10.9. The van der Waals surface area contributed by atoms with Crippen molar-refractivity contribution >= 4 is 5.91 Å². The molecule has 0 aliphatic carbocycles. The van der Waals surface area contributed by atoms with Crippen LogP contribution in [0.1, 0.15) is 20.8 Å². The van der Waals surface area contributed by atoms with E-state index in [1.54, 1.807) is 0 Å².